The van der Waals surface area contributed by atoms with E-state index in [0.29, 0.717) is 5.95 Å². The van der Waals surface area contributed by atoms with E-state index in [-0.39, 0.29) is 0 Å². The van der Waals surface area contributed by atoms with E-state index in [0.717, 1.165) is 16.5 Å². The molecule has 1 aromatic carbocycles. The van der Waals surface area contributed by atoms with E-state index in [1.54, 1.807) is 11.8 Å². The molecule has 4 heteroatoms. The van der Waals surface area contributed by atoms with Gasteiger partial charge in [-0.1, -0.05) is 24.3 Å². The fourth-order valence-electron chi connectivity index (χ4n) is 1.56. The van der Waals surface area contributed by atoms with Crippen LogP contribution in [-0.2, 0) is 5.75 Å². The molecule has 2 aromatic rings. The Morgan fingerprint density at radius 1 is 1.18 bits per heavy atom. The minimum absolute atomic E-state index is 0.345. The predicted molar refractivity (Wildman–Crippen MR) is 71.9 cm³/mol. The first-order chi connectivity index (χ1) is 8.15. The van der Waals surface area contributed by atoms with Gasteiger partial charge in [0.1, 0.15) is 5.03 Å². The molecule has 1 heterocycles. The van der Waals surface area contributed by atoms with Crippen molar-refractivity contribution in [3.05, 3.63) is 47.2 Å². The largest absolute Gasteiger partial charge is 0.368 e. The highest BCUT2D eigenvalue weighted by atomic mass is 32.2. The molecule has 0 aliphatic rings. The summed E-state index contributed by atoms with van der Waals surface area (Å²) in [4.78, 5) is 8.27. The van der Waals surface area contributed by atoms with Crippen LogP contribution in [0.2, 0.25) is 0 Å². The van der Waals surface area contributed by atoms with Gasteiger partial charge in [0.05, 0.1) is 0 Å². The van der Waals surface area contributed by atoms with Crippen molar-refractivity contribution in [1.29, 1.82) is 0 Å². The lowest BCUT2D eigenvalue weighted by Gasteiger charge is -2.05. The van der Waals surface area contributed by atoms with Gasteiger partial charge >= 0.3 is 0 Å². The van der Waals surface area contributed by atoms with Crippen LogP contribution in [0.1, 0.15) is 16.8 Å². The highest BCUT2D eigenvalue weighted by molar-refractivity contribution is 7.98. The number of aryl methyl sites for hydroxylation is 2. The fraction of sp³-hybridized carbons (Fsp3) is 0.231. The van der Waals surface area contributed by atoms with Gasteiger partial charge in [0.25, 0.3) is 0 Å². The second-order valence-electron chi connectivity index (χ2n) is 3.92. The molecule has 2 rings (SSSR count). The molecule has 0 radical (unpaired) electrons. The van der Waals surface area contributed by atoms with Gasteiger partial charge in [-0.3, -0.25) is 0 Å². The van der Waals surface area contributed by atoms with Gasteiger partial charge in [-0.05, 0) is 31.0 Å². The molecule has 17 heavy (non-hydrogen) atoms. The van der Waals surface area contributed by atoms with E-state index in [1.807, 2.05) is 13.0 Å². The molecule has 0 saturated heterocycles. The molecule has 0 bridgehead atoms. The minimum atomic E-state index is 0.345. The summed E-state index contributed by atoms with van der Waals surface area (Å²) in [6.07, 6.45) is 0. The summed E-state index contributed by atoms with van der Waals surface area (Å²) in [6, 6.07) is 10.3. The molecule has 0 saturated carbocycles. The molecule has 0 spiro atoms. The topological polar surface area (TPSA) is 51.8 Å². The highest BCUT2D eigenvalue weighted by Crippen LogP contribution is 2.23. The Kier molecular flexibility index (Phi) is 3.64. The zero-order chi connectivity index (χ0) is 12.3. The third-order valence-electron chi connectivity index (χ3n) is 2.48. The van der Waals surface area contributed by atoms with Gasteiger partial charge in [-0.2, -0.15) is 0 Å². The van der Waals surface area contributed by atoms with E-state index in [2.05, 4.69) is 41.2 Å². The van der Waals surface area contributed by atoms with Crippen molar-refractivity contribution in [2.24, 2.45) is 0 Å². The summed E-state index contributed by atoms with van der Waals surface area (Å²) in [5.41, 5.74) is 9.16. The van der Waals surface area contributed by atoms with Crippen LogP contribution in [0, 0.1) is 13.8 Å². The van der Waals surface area contributed by atoms with Crippen molar-refractivity contribution < 1.29 is 0 Å². The number of nitrogen functional groups attached to an aromatic ring is 1. The molecule has 0 fully saturated rings. The Morgan fingerprint density at radius 3 is 2.65 bits per heavy atom. The van der Waals surface area contributed by atoms with Crippen molar-refractivity contribution in [2.45, 2.75) is 24.6 Å². The quantitative estimate of drug-likeness (QED) is 0.667. The monoisotopic (exact) mass is 245 g/mol. The third-order valence-corrected chi connectivity index (χ3v) is 3.45. The summed E-state index contributed by atoms with van der Waals surface area (Å²) >= 11 is 1.68. The van der Waals surface area contributed by atoms with Gasteiger partial charge in [0, 0.05) is 11.4 Å². The molecule has 2 N–H and O–H groups in total. The van der Waals surface area contributed by atoms with Crippen molar-refractivity contribution in [3.8, 4) is 0 Å². The number of thioether (sulfide) groups is 1. The lowest BCUT2D eigenvalue weighted by molar-refractivity contribution is 1.02. The summed E-state index contributed by atoms with van der Waals surface area (Å²) in [7, 11) is 0. The molecule has 3 nitrogen and oxygen atoms in total. The first kappa shape index (κ1) is 11.9. The smallest absolute Gasteiger partial charge is 0.221 e. The minimum Gasteiger partial charge on any atom is -0.368 e. The van der Waals surface area contributed by atoms with Crippen LogP contribution in [0.25, 0.3) is 0 Å². The molecule has 0 unspecified atom stereocenters. The summed E-state index contributed by atoms with van der Waals surface area (Å²) < 4.78 is 0. The maximum absolute atomic E-state index is 5.62. The van der Waals surface area contributed by atoms with Crippen LogP contribution >= 0.6 is 11.8 Å². The second-order valence-corrected chi connectivity index (χ2v) is 4.92. The summed E-state index contributed by atoms with van der Waals surface area (Å²) in [5.74, 6) is 1.25. The molecular weight excluding hydrogens is 230 g/mol. The Hall–Kier alpha value is -1.55. The molecule has 0 aliphatic carbocycles. The van der Waals surface area contributed by atoms with Gasteiger partial charge in [0.2, 0.25) is 5.95 Å². The normalized spacial score (nSPS) is 10.5. The molecule has 1 aromatic heterocycles. The number of nitrogens with zero attached hydrogens (tertiary/aromatic N) is 2. The maximum Gasteiger partial charge on any atom is 0.221 e. The number of anilines is 1. The van der Waals surface area contributed by atoms with E-state index in [4.69, 9.17) is 5.73 Å². The number of hydrogen-bond donors (Lipinski definition) is 1. The van der Waals surface area contributed by atoms with Crippen molar-refractivity contribution in [1.82, 2.24) is 9.97 Å². The summed E-state index contributed by atoms with van der Waals surface area (Å²) in [6.45, 7) is 4.05. The molecule has 0 atom stereocenters. The zero-order valence-electron chi connectivity index (χ0n) is 9.97. The van der Waals surface area contributed by atoms with Gasteiger partial charge in [0.15, 0.2) is 0 Å². The second kappa shape index (κ2) is 5.19. The molecule has 0 aliphatic heterocycles. The van der Waals surface area contributed by atoms with Crippen LogP contribution < -0.4 is 5.73 Å². The van der Waals surface area contributed by atoms with E-state index < -0.39 is 0 Å². The fourth-order valence-corrected chi connectivity index (χ4v) is 2.60. The predicted octanol–water partition coefficient (Wildman–Crippen LogP) is 2.97. The number of rotatable bonds is 3. The number of hydrogen-bond acceptors (Lipinski definition) is 4. The van der Waals surface area contributed by atoms with E-state index in [1.165, 1.54) is 11.1 Å². The summed E-state index contributed by atoms with van der Waals surface area (Å²) in [5, 5.41) is 0.929. The van der Waals surface area contributed by atoms with Gasteiger partial charge in [-0.15, -0.1) is 11.8 Å². The number of nitrogens with two attached hydrogens (primary N) is 1. The Morgan fingerprint density at radius 2 is 1.94 bits per heavy atom. The lowest BCUT2D eigenvalue weighted by atomic mass is 10.1. The Balaban J connectivity index is 2.10. The van der Waals surface area contributed by atoms with Crippen LogP contribution in [0.4, 0.5) is 5.95 Å². The van der Waals surface area contributed by atoms with Crippen molar-refractivity contribution in [3.63, 3.8) is 0 Å². The standard InChI is InChI=1S/C13H15N3S/c1-9-5-3-4-6-11(9)8-17-12-7-10(2)15-13(14)16-12/h3-7H,8H2,1-2H3,(H2,14,15,16). The first-order valence-corrected chi connectivity index (χ1v) is 6.42. The lowest BCUT2D eigenvalue weighted by Crippen LogP contribution is -1.97. The van der Waals surface area contributed by atoms with Crippen LogP contribution in [0.3, 0.4) is 0 Å². The molecule has 0 amide bonds. The SMILES string of the molecule is Cc1cc(SCc2ccccc2C)nc(N)n1. The van der Waals surface area contributed by atoms with E-state index in [9.17, 15) is 0 Å². The zero-order valence-corrected chi connectivity index (χ0v) is 10.8. The number of benzene rings is 1. The maximum atomic E-state index is 5.62. The average Bonchev–Trinajstić information content (AvgIpc) is 2.27. The van der Waals surface area contributed by atoms with Crippen molar-refractivity contribution >= 4 is 17.7 Å². The Bertz CT molecular complexity index is 506. The van der Waals surface area contributed by atoms with Gasteiger partial charge in [-0.25, -0.2) is 9.97 Å². The molecule has 88 valence electrons. The van der Waals surface area contributed by atoms with Crippen molar-refractivity contribution in [2.75, 3.05) is 5.73 Å². The first-order valence-electron chi connectivity index (χ1n) is 5.43. The van der Waals surface area contributed by atoms with E-state index >= 15 is 0 Å². The third kappa shape index (κ3) is 3.20. The van der Waals surface area contributed by atoms with Gasteiger partial charge < -0.3 is 5.73 Å². The molecular formula is C13H15N3S. The number of aromatic nitrogens is 2. The average molecular weight is 245 g/mol. The van der Waals surface area contributed by atoms with Crippen LogP contribution in [0.5, 0.6) is 0 Å². The Labute approximate surface area is 105 Å². The van der Waals surface area contributed by atoms with Crippen LogP contribution in [0.15, 0.2) is 35.4 Å². The van der Waals surface area contributed by atoms with Crippen LogP contribution in [-0.4, -0.2) is 9.97 Å². The highest BCUT2D eigenvalue weighted by Gasteiger charge is 2.02.